The Balaban J connectivity index is 1.49. The van der Waals surface area contributed by atoms with Gasteiger partial charge < -0.3 is 9.64 Å². The van der Waals surface area contributed by atoms with E-state index < -0.39 is 4.92 Å². The van der Waals surface area contributed by atoms with Crippen LogP contribution in [-0.4, -0.2) is 27.7 Å². The predicted octanol–water partition coefficient (Wildman–Crippen LogP) is 3.41. The van der Waals surface area contributed by atoms with Crippen LogP contribution < -0.4 is 4.90 Å². The molecular formula is C19H16N4O3. The van der Waals surface area contributed by atoms with Crippen LogP contribution in [0.15, 0.2) is 67.0 Å². The summed E-state index contributed by atoms with van der Waals surface area (Å²) < 4.78 is 5.92. The lowest BCUT2D eigenvalue weighted by atomic mass is 10.1. The minimum atomic E-state index is -0.417. The topological polar surface area (TPSA) is 81.2 Å². The zero-order chi connectivity index (χ0) is 17.9. The number of non-ortho nitro benzene ring substituents is 1. The normalized spacial score (nSPS) is 15.7. The molecule has 1 saturated heterocycles. The number of hydrogen-bond acceptors (Lipinski definition) is 6. The van der Waals surface area contributed by atoms with Crippen LogP contribution in [0.3, 0.4) is 0 Å². The summed E-state index contributed by atoms with van der Waals surface area (Å²) in [4.78, 5) is 21.3. The molecule has 0 spiro atoms. The highest BCUT2D eigenvalue weighted by Gasteiger charge is 2.38. The Morgan fingerprint density at radius 1 is 1.08 bits per heavy atom. The van der Waals surface area contributed by atoms with Crippen molar-refractivity contribution in [3.05, 3.63) is 82.7 Å². The van der Waals surface area contributed by atoms with Gasteiger partial charge in [0.05, 0.1) is 18.1 Å². The quantitative estimate of drug-likeness (QED) is 0.386. The average Bonchev–Trinajstić information content (AvgIpc) is 3.47. The van der Waals surface area contributed by atoms with Crippen molar-refractivity contribution in [2.75, 3.05) is 11.4 Å². The summed E-state index contributed by atoms with van der Waals surface area (Å²) in [6.45, 7) is 1.28. The third-order valence-corrected chi connectivity index (χ3v) is 4.15. The molecule has 0 bridgehead atoms. The Hall–Kier alpha value is -3.32. The highest BCUT2D eigenvalue weighted by molar-refractivity contribution is 5.74. The summed E-state index contributed by atoms with van der Waals surface area (Å²) in [5.41, 5.74) is 2.64. The van der Waals surface area contributed by atoms with Crippen molar-refractivity contribution >= 4 is 11.5 Å². The van der Waals surface area contributed by atoms with Gasteiger partial charge in [0.15, 0.2) is 5.82 Å². The second kappa shape index (κ2) is 6.89. The Morgan fingerprint density at radius 2 is 1.81 bits per heavy atom. The van der Waals surface area contributed by atoms with Crippen LogP contribution in [0.2, 0.25) is 0 Å². The number of nitro benzene ring substituents is 1. The molecule has 3 aromatic rings. The molecule has 26 heavy (non-hydrogen) atoms. The van der Waals surface area contributed by atoms with E-state index in [1.165, 1.54) is 12.1 Å². The minimum Gasteiger partial charge on any atom is -0.352 e. The average molecular weight is 348 g/mol. The van der Waals surface area contributed by atoms with Crippen LogP contribution in [-0.2, 0) is 11.3 Å². The molecule has 1 atom stereocenters. The lowest BCUT2D eigenvalue weighted by Crippen LogP contribution is -2.07. The molecule has 2 heterocycles. The van der Waals surface area contributed by atoms with Gasteiger partial charge in [-0.25, -0.2) is 4.98 Å². The fourth-order valence-electron chi connectivity index (χ4n) is 2.74. The van der Waals surface area contributed by atoms with Gasteiger partial charge in [-0.15, -0.1) is 0 Å². The van der Waals surface area contributed by atoms with Gasteiger partial charge >= 0.3 is 0 Å². The number of anilines is 1. The second-order valence-corrected chi connectivity index (χ2v) is 5.94. The summed E-state index contributed by atoms with van der Waals surface area (Å²) in [7, 11) is 0. The van der Waals surface area contributed by atoms with Crippen LogP contribution in [0, 0.1) is 10.1 Å². The molecule has 7 nitrogen and oxygen atoms in total. The van der Waals surface area contributed by atoms with Gasteiger partial charge in [-0.1, -0.05) is 30.3 Å². The van der Waals surface area contributed by atoms with Crippen molar-refractivity contribution in [3.8, 4) is 11.3 Å². The van der Waals surface area contributed by atoms with Crippen LogP contribution in [0.5, 0.6) is 0 Å². The number of nitro groups is 1. The van der Waals surface area contributed by atoms with Gasteiger partial charge in [-0.2, -0.15) is 0 Å². The van der Waals surface area contributed by atoms with Crippen LogP contribution >= 0.6 is 0 Å². The maximum absolute atomic E-state index is 10.8. The molecule has 1 aromatic heterocycles. The lowest BCUT2D eigenvalue weighted by molar-refractivity contribution is -0.384. The molecule has 1 fully saturated rings. The molecule has 130 valence electrons. The molecule has 0 aliphatic carbocycles. The van der Waals surface area contributed by atoms with Gasteiger partial charge in [-0.3, -0.25) is 15.1 Å². The minimum absolute atomic E-state index is 0.0382. The third-order valence-electron chi connectivity index (χ3n) is 4.15. The highest BCUT2D eigenvalue weighted by atomic mass is 16.6. The molecule has 0 N–H and O–H groups in total. The van der Waals surface area contributed by atoms with E-state index in [0.29, 0.717) is 12.3 Å². The number of rotatable bonds is 6. The molecular weight excluding hydrogens is 332 g/mol. The molecule has 1 aliphatic heterocycles. The zero-order valence-electron chi connectivity index (χ0n) is 13.9. The Kier molecular flexibility index (Phi) is 4.28. The Bertz CT molecular complexity index is 916. The monoisotopic (exact) mass is 348 g/mol. The van der Waals surface area contributed by atoms with E-state index in [-0.39, 0.29) is 11.9 Å². The summed E-state index contributed by atoms with van der Waals surface area (Å²) in [5, 5.41) is 10.8. The van der Waals surface area contributed by atoms with E-state index in [4.69, 9.17) is 4.74 Å². The van der Waals surface area contributed by atoms with E-state index in [1.807, 2.05) is 35.2 Å². The first-order valence-corrected chi connectivity index (χ1v) is 8.20. The van der Waals surface area contributed by atoms with Crippen molar-refractivity contribution in [3.63, 3.8) is 0 Å². The fourth-order valence-corrected chi connectivity index (χ4v) is 2.74. The Morgan fingerprint density at radius 3 is 2.54 bits per heavy atom. The second-order valence-electron chi connectivity index (χ2n) is 5.94. The van der Waals surface area contributed by atoms with E-state index in [0.717, 1.165) is 23.5 Å². The standard InChI is InChI=1S/C19H16N4O3/c24-23(25)16-8-6-15(7-9-16)18-19(21-11-10-20-18)22-12-17(22)26-13-14-4-2-1-3-5-14/h1-11,17H,12-13H2. The molecule has 0 saturated carbocycles. The van der Waals surface area contributed by atoms with E-state index in [9.17, 15) is 10.1 Å². The lowest BCUT2D eigenvalue weighted by Gasteiger charge is -2.10. The van der Waals surface area contributed by atoms with Crippen LogP contribution in [0.4, 0.5) is 11.5 Å². The number of benzene rings is 2. The van der Waals surface area contributed by atoms with Crippen molar-refractivity contribution in [1.29, 1.82) is 0 Å². The summed E-state index contributed by atoms with van der Waals surface area (Å²) >= 11 is 0. The van der Waals surface area contributed by atoms with Gasteiger partial charge in [0.1, 0.15) is 11.9 Å². The number of nitrogens with zero attached hydrogens (tertiary/aromatic N) is 4. The smallest absolute Gasteiger partial charge is 0.269 e. The maximum atomic E-state index is 10.8. The fraction of sp³-hybridized carbons (Fsp3) is 0.158. The highest BCUT2D eigenvalue weighted by Crippen LogP contribution is 2.35. The summed E-state index contributed by atoms with van der Waals surface area (Å²) in [6, 6.07) is 16.3. The van der Waals surface area contributed by atoms with Gasteiger partial charge in [0.25, 0.3) is 5.69 Å². The first kappa shape index (κ1) is 16.2. The van der Waals surface area contributed by atoms with Crippen molar-refractivity contribution in [2.24, 2.45) is 0 Å². The first-order valence-electron chi connectivity index (χ1n) is 8.20. The molecule has 0 radical (unpaired) electrons. The van der Waals surface area contributed by atoms with E-state index in [2.05, 4.69) is 9.97 Å². The number of ether oxygens (including phenoxy) is 1. The molecule has 4 rings (SSSR count). The zero-order valence-corrected chi connectivity index (χ0v) is 13.9. The predicted molar refractivity (Wildman–Crippen MR) is 96.5 cm³/mol. The summed E-state index contributed by atoms with van der Waals surface area (Å²) in [5.74, 6) is 0.722. The van der Waals surface area contributed by atoms with Crippen LogP contribution in [0.25, 0.3) is 11.3 Å². The maximum Gasteiger partial charge on any atom is 0.269 e. The van der Waals surface area contributed by atoms with Gasteiger partial charge in [0, 0.05) is 30.1 Å². The van der Waals surface area contributed by atoms with Gasteiger partial charge in [-0.05, 0) is 17.7 Å². The molecule has 7 heteroatoms. The van der Waals surface area contributed by atoms with Gasteiger partial charge in [0.2, 0.25) is 0 Å². The van der Waals surface area contributed by atoms with Crippen molar-refractivity contribution in [1.82, 2.24) is 9.97 Å². The Labute approximate surface area is 150 Å². The SMILES string of the molecule is O=[N+]([O-])c1ccc(-c2nccnc2N2CC2OCc2ccccc2)cc1. The van der Waals surface area contributed by atoms with Crippen molar-refractivity contribution in [2.45, 2.75) is 12.8 Å². The third kappa shape index (κ3) is 3.38. The van der Waals surface area contributed by atoms with E-state index in [1.54, 1.807) is 24.5 Å². The first-order chi connectivity index (χ1) is 12.7. The molecule has 0 amide bonds. The van der Waals surface area contributed by atoms with Crippen molar-refractivity contribution < 1.29 is 9.66 Å². The molecule has 1 aliphatic rings. The molecule has 1 unspecified atom stereocenters. The largest absolute Gasteiger partial charge is 0.352 e. The number of aromatic nitrogens is 2. The van der Waals surface area contributed by atoms with Crippen LogP contribution in [0.1, 0.15) is 5.56 Å². The summed E-state index contributed by atoms with van der Waals surface area (Å²) in [6.07, 6.45) is 3.21. The molecule has 2 aromatic carbocycles. The number of hydrogen-bond donors (Lipinski definition) is 0. The van der Waals surface area contributed by atoms with E-state index >= 15 is 0 Å².